The zero-order chi connectivity index (χ0) is 35.0. The van der Waals surface area contributed by atoms with E-state index in [1.54, 1.807) is 0 Å². The van der Waals surface area contributed by atoms with Gasteiger partial charge in [0.05, 0.1) is 13.2 Å². The molecule has 2 atom stereocenters. The predicted octanol–water partition coefficient (Wildman–Crippen LogP) is 10.6. The molecule has 0 aromatic heterocycles. The van der Waals surface area contributed by atoms with Crippen molar-refractivity contribution in [2.75, 3.05) is 26.4 Å². The summed E-state index contributed by atoms with van der Waals surface area (Å²) in [6.07, 6.45) is 8.36. The highest BCUT2D eigenvalue weighted by Gasteiger charge is 2.28. The first-order chi connectivity index (χ1) is 23.8. The molecule has 0 radical (unpaired) electrons. The number of hydrogen-bond acceptors (Lipinski definition) is 4. The lowest BCUT2D eigenvalue weighted by molar-refractivity contribution is 0.256. The number of aryl methyl sites for hydroxylation is 2. The smallest absolute Gasteiger partial charge is 0.119 e. The summed E-state index contributed by atoms with van der Waals surface area (Å²) in [5.74, 6) is 4.07. The van der Waals surface area contributed by atoms with Gasteiger partial charge in [-0.15, -0.1) is 0 Å². The van der Waals surface area contributed by atoms with Gasteiger partial charge in [-0.3, -0.25) is 0 Å². The summed E-state index contributed by atoms with van der Waals surface area (Å²) >= 11 is 0. The van der Waals surface area contributed by atoms with E-state index in [1.165, 1.54) is 59.1 Å². The number of rotatable bonds is 15. The van der Waals surface area contributed by atoms with Gasteiger partial charge in [-0.1, -0.05) is 118 Å². The predicted molar refractivity (Wildman–Crippen MR) is 204 cm³/mol. The fourth-order valence-corrected chi connectivity index (χ4v) is 5.54. The Labute approximate surface area is 296 Å². The number of hydrogen-bond donors (Lipinski definition) is 2. The third kappa shape index (κ3) is 13.0. The van der Waals surface area contributed by atoms with Crippen LogP contribution in [0.5, 0.6) is 11.5 Å². The van der Waals surface area contributed by atoms with Gasteiger partial charge in [-0.05, 0) is 110 Å². The van der Waals surface area contributed by atoms with Crippen molar-refractivity contribution in [3.05, 3.63) is 130 Å². The van der Waals surface area contributed by atoms with Gasteiger partial charge in [0.15, 0.2) is 0 Å². The van der Waals surface area contributed by atoms with Crippen LogP contribution in [0.15, 0.2) is 97.1 Å². The molecule has 0 heterocycles. The molecule has 4 aromatic rings. The first-order valence-electron chi connectivity index (χ1n) is 18.6. The number of benzene rings is 4. The van der Waals surface area contributed by atoms with E-state index >= 15 is 0 Å². The SMILES string of the molecule is CCCCOc1ccc(C(c2ccc(OCC(C)CC)cc2)C(c2ccc(C)cc2)c2ccc(C)cc2)cc1.OCC1CC1.OCC1CC1. The Kier molecular flexibility index (Phi) is 15.7. The number of ether oxygens (including phenoxy) is 2. The third-order valence-electron chi connectivity index (χ3n) is 9.59. The normalized spacial score (nSPS) is 14.9. The van der Waals surface area contributed by atoms with Crippen molar-refractivity contribution in [2.24, 2.45) is 17.8 Å². The van der Waals surface area contributed by atoms with Gasteiger partial charge in [0.1, 0.15) is 11.5 Å². The molecular weight excluding hydrogens is 604 g/mol. The van der Waals surface area contributed by atoms with E-state index < -0.39 is 0 Å². The molecule has 4 aromatic carbocycles. The van der Waals surface area contributed by atoms with Crippen molar-refractivity contribution < 1.29 is 19.7 Å². The van der Waals surface area contributed by atoms with Crippen LogP contribution in [0.2, 0.25) is 0 Å². The van der Waals surface area contributed by atoms with Gasteiger partial charge in [-0.2, -0.15) is 0 Å². The van der Waals surface area contributed by atoms with E-state index in [0.29, 0.717) is 31.0 Å². The molecule has 4 nitrogen and oxygen atoms in total. The molecule has 264 valence electrons. The second kappa shape index (κ2) is 20.2. The standard InChI is InChI=1S/C37H44O2.2C4H8O/c1-6-8-25-38-34-21-17-32(18-22-34)37(33-19-23-35(24-20-33)39-26-27(3)7-2)36(30-13-9-28(4)10-14-30)31-15-11-29(5)12-16-31;2*5-3-4-1-2-4/h9-24,27,36-37H,6-8,25-26H2,1-5H3;2*4-5H,1-3H2. The molecule has 0 bridgehead atoms. The fraction of sp³-hybridized carbons (Fsp3) is 0.467. The minimum Gasteiger partial charge on any atom is -0.494 e. The van der Waals surface area contributed by atoms with Crippen LogP contribution in [-0.2, 0) is 0 Å². The highest BCUT2D eigenvalue weighted by molar-refractivity contribution is 5.47. The van der Waals surface area contributed by atoms with Gasteiger partial charge < -0.3 is 19.7 Å². The number of aliphatic hydroxyl groups is 2. The molecule has 2 aliphatic rings. The molecule has 2 N–H and O–H groups in total. The minimum atomic E-state index is 0.128. The highest BCUT2D eigenvalue weighted by atomic mass is 16.5. The van der Waals surface area contributed by atoms with Crippen LogP contribution in [0.25, 0.3) is 0 Å². The summed E-state index contributed by atoms with van der Waals surface area (Å²) in [4.78, 5) is 0. The maximum absolute atomic E-state index is 8.21. The zero-order valence-electron chi connectivity index (χ0n) is 30.6. The minimum absolute atomic E-state index is 0.128. The average molecular weight is 665 g/mol. The summed E-state index contributed by atoms with van der Waals surface area (Å²) in [5.41, 5.74) is 7.72. The van der Waals surface area contributed by atoms with E-state index in [0.717, 1.165) is 44.0 Å². The van der Waals surface area contributed by atoms with Crippen LogP contribution in [0.4, 0.5) is 0 Å². The van der Waals surface area contributed by atoms with Crippen molar-refractivity contribution in [1.29, 1.82) is 0 Å². The van der Waals surface area contributed by atoms with Crippen LogP contribution >= 0.6 is 0 Å². The Balaban J connectivity index is 0.000000460. The summed E-state index contributed by atoms with van der Waals surface area (Å²) in [6, 6.07) is 35.6. The number of aliphatic hydroxyl groups excluding tert-OH is 2. The molecule has 2 unspecified atom stereocenters. The quantitative estimate of drug-likeness (QED) is 0.124. The van der Waals surface area contributed by atoms with E-state index in [9.17, 15) is 0 Å². The van der Waals surface area contributed by atoms with Crippen molar-refractivity contribution in [2.45, 2.75) is 91.4 Å². The Morgan fingerprint density at radius 3 is 1.24 bits per heavy atom. The van der Waals surface area contributed by atoms with Crippen molar-refractivity contribution in [3.8, 4) is 11.5 Å². The molecule has 0 aliphatic heterocycles. The molecule has 0 amide bonds. The maximum Gasteiger partial charge on any atom is 0.119 e. The summed E-state index contributed by atoms with van der Waals surface area (Å²) in [6.45, 7) is 13.3. The van der Waals surface area contributed by atoms with Crippen molar-refractivity contribution in [1.82, 2.24) is 0 Å². The molecule has 6 rings (SSSR count). The lowest BCUT2D eigenvalue weighted by Crippen LogP contribution is -2.15. The first-order valence-corrected chi connectivity index (χ1v) is 18.6. The summed E-state index contributed by atoms with van der Waals surface area (Å²) in [7, 11) is 0. The summed E-state index contributed by atoms with van der Waals surface area (Å²) in [5, 5.41) is 16.4. The van der Waals surface area contributed by atoms with Gasteiger partial charge in [0.25, 0.3) is 0 Å². The van der Waals surface area contributed by atoms with Crippen LogP contribution in [0, 0.1) is 31.6 Å². The maximum atomic E-state index is 8.21. The van der Waals surface area contributed by atoms with Crippen LogP contribution in [0.3, 0.4) is 0 Å². The molecule has 2 fully saturated rings. The third-order valence-corrected chi connectivity index (χ3v) is 9.59. The Morgan fingerprint density at radius 1 is 0.571 bits per heavy atom. The second-order valence-corrected chi connectivity index (χ2v) is 14.2. The molecular formula is C45H60O4. The molecule has 2 saturated carbocycles. The number of unbranched alkanes of at least 4 members (excludes halogenated alkanes) is 1. The zero-order valence-corrected chi connectivity index (χ0v) is 30.6. The first kappa shape index (κ1) is 38.2. The molecule has 0 spiro atoms. The molecule has 4 heteroatoms. The largest absolute Gasteiger partial charge is 0.494 e. The van der Waals surface area contributed by atoms with Crippen molar-refractivity contribution >= 4 is 0 Å². The second-order valence-electron chi connectivity index (χ2n) is 14.2. The highest BCUT2D eigenvalue weighted by Crippen LogP contribution is 2.44. The van der Waals surface area contributed by atoms with E-state index in [4.69, 9.17) is 19.7 Å². The van der Waals surface area contributed by atoms with Gasteiger partial charge in [-0.25, -0.2) is 0 Å². The Hall–Kier alpha value is -3.60. The van der Waals surface area contributed by atoms with E-state index in [-0.39, 0.29) is 11.8 Å². The Morgan fingerprint density at radius 2 is 0.939 bits per heavy atom. The summed E-state index contributed by atoms with van der Waals surface area (Å²) < 4.78 is 12.1. The van der Waals surface area contributed by atoms with Gasteiger partial charge in [0, 0.05) is 25.0 Å². The van der Waals surface area contributed by atoms with Gasteiger partial charge >= 0.3 is 0 Å². The van der Waals surface area contributed by atoms with Crippen molar-refractivity contribution in [3.63, 3.8) is 0 Å². The van der Waals surface area contributed by atoms with E-state index in [1.807, 2.05) is 0 Å². The van der Waals surface area contributed by atoms with Crippen LogP contribution in [0.1, 0.15) is 111 Å². The fourth-order valence-electron chi connectivity index (χ4n) is 5.54. The average Bonchev–Trinajstić information content (AvgIpc) is 4.07. The van der Waals surface area contributed by atoms with Crippen LogP contribution < -0.4 is 9.47 Å². The Bertz CT molecular complexity index is 1400. The lowest BCUT2D eigenvalue weighted by atomic mass is 9.73. The molecule has 49 heavy (non-hydrogen) atoms. The van der Waals surface area contributed by atoms with Crippen LogP contribution in [-0.4, -0.2) is 36.6 Å². The van der Waals surface area contributed by atoms with E-state index in [2.05, 4.69) is 132 Å². The monoisotopic (exact) mass is 664 g/mol. The topological polar surface area (TPSA) is 58.9 Å². The molecule has 0 saturated heterocycles. The lowest BCUT2D eigenvalue weighted by Gasteiger charge is -2.30. The molecule has 2 aliphatic carbocycles. The van der Waals surface area contributed by atoms with Gasteiger partial charge in [0.2, 0.25) is 0 Å².